The maximum atomic E-state index is 11.5. The minimum Gasteiger partial charge on any atom is -0.456 e. The zero-order valence-electron chi connectivity index (χ0n) is 8.25. The van der Waals surface area contributed by atoms with Crippen LogP contribution in [-0.2, 0) is 9.84 Å². The third kappa shape index (κ3) is 1.31. The van der Waals surface area contributed by atoms with Gasteiger partial charge >= 0.3 is 0 Å². The van der Waals surface area contributed by atoms with Gasteiger partial charge in [0, 0.05) is 0 Å². The number of para-hydroxylation sites is 1. The lowest BCUT2D eigenvalue weighted by Gasteiger charge is -2.02. The van der Waals surface area contributed by atoms with Crippen molar-refractivity contribution < 1.29 is 13.2 Å². The number of ether oxygens (including phenoxy) is 1. The van der Waals surface area contributed by atoms with Crippen molar-refractivity contribution in [1.82, 2.24) is 0 Å². The summed E-state index contributed by atoms with van der Waals surface area (Å²) in [6, 6.07) is 14.1. The fourth-order valence-electron chi connectivity index (χ4n) is 1.62. The molecule has 0 atom stereocenters. The molecular formula is C12H8O3S. The van der Waals surface area contributed by atoms with E-state index in [1.807, 2.05) is 18.2 Å². The SMILES string of the molecule is O=S1(=O)c2cccc(Oc3ccccc3)c21. The van der Waals surface area contributed by atoms with Gasteiger partial charge in [0.05, 0.1) is 4.90 Å². The van der Waals surface area contributed by atoms with Gasteiger partial charge in [-0.2, -0.15) is 0 Å². The van der Waals surface area contributed by atoms with Gasteiger partial charge in [0.15, 0.2) is 0 Å². The van der Waals surface area contributed by atoms with E-state index in [9.17, 15) is 8.42 Å². The van der Waals surface area contributed by atoms with Crippen molar-refractivity contribution >= 4 is 9.84 Å². The minimum atomic E-state index is -3.15. The Morgan fingerprint density at radius 1 is 0.875 bits per heavy atom. The van der Waals surface area contributed by atoms with Crippen LogP contribution in [0.25, 0.3) is 0 Å². The molecule has 16 heavy (non-hydrogen) atoms. The van der Waals surface area contributed by atoms with Crippen molar-refractivity contribution in [1.29, 1.82) is 0 Å². The van der Waals surface area contributed by atoms with Gasteiger partial charge in [-0.25, -0.2) is 8.42 Å². The van der Waals surface area contributed by atoms with Crippen molar-refractivity contribution in [3.05, 3.63) is 48.5 Å². The highest BCUT2D eigenvalue weighted by Crippen LogP contribution is 2.47. The molecule has 0 amide bonds. The molecule has 2 aromatic rings. The van der Waals surface area contributed by atoms with Gasteiger partial charge in [0.25, 0.3) is 0 Å². The fourth-order valence-corrected chi connectivity index (χ4v) is 3.04. The van der Waals surface area contributed by atoms with Crippen LogP contribution in [0.15, 0.2) is 58.3 Å². The highest BCUT2D eigenvalue weighted by molar-refractivity contribution is 7.97. The lowest BCUT2D eigenvalue weighted by molar-refractivity contribution is 0.470. The molecule has 3 rings (SSSR count). The summed E-state index contributed by atoms with van der Waals surface area (Å²) in [6.45, 7) is 0. The first-order valence-corrected chi connectivity index (χ1v) is 6.29. The molecule has 0 aliphatic carbocycles. The van der Waals surface area contributed by atoms with E-state index in [1.54, 1.807) is 30.3 Å². The number of hydrogen-bond acceptors (Lipinski definition) is 3. The molecule has 0 spiro atoms. The van der Waals surface area contributed by atoms with E-state index < -0.39 is 9.84 Å². The molecule has 80 valence electrons. The van der Waals surface area contributed by atoms with Crippen molar-refractivity contribution in [2.75, 3.05) is 0 Å². The summed E-state index contributed by atoms with van der Waals surface area (Å²) in [7, 11) is -3.15. The van der Waals surface area contributed by atoms with E-state index in [-0.39, 0.29) is 0 Å². The number of fused-ring (bicyclic) bond motifs is 1. The van der Waals surface area contributed by atoms with Gasteiger partial charge in [0.1, 0.15) is 16.4 Å². The minimum absolute atomic E-state index is 0.318. The van der Waals surface area contributed by atoms with E-state index >= 15 is 0 Å². The largest absolute Gasteiger partial charge is 0.456 e. The molecular weight excluding hydrogens is 224 g/mol. The van der Waals surface area contributed by atoms with Crippen LogP contribution in [0.5, 0.6) is 11.5 Å². The lowest BCUT2D eigenvalue weighted by Crippen LogP contribution is -1.83. The molecule has 0 aromatic heterocycles. The molecule has 0 bridgehead atoms. The molecule has 3 nitrogen and oxygen atoms in total. The second-order valence-electron chi connectivity index (χ2n) is 3.50. The van der Waals surface area contributed by atoms with Crippen LogP contribution in [0, 0.1) is 0 Å². The zero-order chi connectivity index (χ0) is 11.2. The van der Waals surface area contributed by atoms with Crippen molar-refractivity contribution in [3.8, 4) is 11.5 Å². The van der Waals surface area contributed by atoms with Gasteiger partial charge in [0.2, 0.25) is 9.84 Å². The number of hydrogen-bond donors (Lipinski definition) is 0. The standard InChI is InChI=1S/C12H8O3S/c13-16(14)11-8-4-7-10(12(11)16)15-9-5-2-1-3-6-9/h1-8H. The molecule has 0 unspecified atom stereocenters. The summed E-state index contributed by atoms with van der Waals surface area (Å²) in [4.78, 5) is 0.694. The molecule has 0 saturated carbocycles. The fraction of sp³-hybridized carbons (Fsp3) is 0. The normalized spacial score (nSPS) is 15.2. The van der Waals surface area contributed by atoms with Crippen molar-refractivity contribution in [2.45, 2.75) is 9.79 Å². The van der Waals surface area contributed by atoms with E-state index in [4.69, 9.17) is 4.74 Å². The number of benzene rings is 2. The monoisotopic (exact) mass is 232 g/mol. The molecule has 2 aromatic carbocycles. The quantitative estimate of drug-likeness (QED) is 0.638. The first-order valence-electron chi connectivity index (χ1n) is 4.80. The smallest absolute Gasteiger partial charge is 0.213 e. The van der Waals surface area contributed by atoms with Crippen molar-refractivity contribution in [3.63, 3.8) is 0 Å². The zero-order valence-corrected chi connectivity index (χ0v) is 9.07. The van der Waals surface area contributed by atoms with E-state index in [0.717, 1.165) is 0 Å². The Labute approximate surface area is 93.2 Å². The Kier molecular flexibility index (Phi) is 1.82. The second kappa shape index (κ2) is 3.09. The third-order valence-corrected chi connectivity index (χ3v) is 4.10. The van der Waals surface area contributed by atoms with Crippen LogP contribution >= 0.6 is 0 Å². The van der Waals surface area contributed by atoms with Crippen LogP contribution < -0.4 is 4.74 Å². The van der Waals surface area contributed by atoms with Crippen LogP contribution in [0.3, 0.4) is 0 Å². The summed E-state index contributed by atoms with van der Waals surface area (Å²) >= 11 is 0. The predicted octanol–water partition coefficient (Wildman–Crippen LogP) is 2.63. The van der Waals surface area contributed by atoms with Gasteiger partial charge in [-0.05, 0) is 24.3 Å². The highest BCUT2D eigenvalue weighted by atomic mass is 32.2. The van der Waals surface area contributed by atoms with Gasteiger partial charge < -0.3 is 4.74 Å². The maximum absolute atomic E-state index is 11.5. The summed E-state index contributed by atoms with van der Waals surface area (Å²) in [5, 5.41) is 0. The lowest BCUT2D eigenvalue weighted by atomic mass is 10.3. The van der Waals surface area contributed by atoms with Crippen LogP contribution in [-0.4, -0.2) is 8.42 Å². The Bertz CT molecular complexity index is 645. The average Bonchev–Trinajstić information content (AvgIpc) is 2.85. The predicted molar refractivity (Wildman–Crippen MR) is 58.4 cm³/mol. The van der Waals surface area contributed by atoms with Gasteiger partial charge in [-0.15, -0.1) is 0 Å². The van der Waals surface area contributed by atoms with Gasteiger partial charge in [-0.3, -0.25) is 0 Å². The first kappa shape index (κ1) is 9.42. The summed E-state index contributed by atoms with van der Waals surface area (Å²) in [6.07, 6.45) is 0. The van der Waals surface area contributed by atoms with Gasteiger partial charge in [-0.1, -0.05) is 24.3 Å². The van der Waals surface area contributed by atoms with Crippen molar-refractivity contribution in [2.24, 2.45) is 0 Å². The van der Waals surface area contributed by atoms with E-state index in [1.165, 1.54) is 0 Å². The van der Waals surface area contributed by atoms with E-state index in [2.05, 4.69) is 0 Å². The molecule has 0 radical (unpaired) electrons. The molecule has 0 fully saturated rings. The Hall–Kier alpha value is -1.81. The second-order valence-corrected chi connectivity index (χ2v) is 5.36. The summed E-state index contributed by atoms with van der Waals surface area (Å²) in [5.74, 6) is 1.04. The molecule has 0 saturated heterocycles. The third-order valence-electron chi connectivity index (χ3n) is 2.43. The van der Waals surface area contributed by atoms with Crippen LogP contribution in [0.4, 0.5) is 0 Å². The number of sulfone groups is 1. The van der Waals surface area contributed by atoms with Crippen LogP contribution in [0.1, 0.15) is 0 Å². The topological polar surface area (TPSA) is 43.4 Å². The number of rotatable bonds is 2. The molecule has 1 aliphatic heterocycles. The summed E-state index contributed by atoms with van der Waals surface area (Å²) < 4.78 is 28.4. The first-order chi connectivity index (χ1) is 7.69. The van der Waals surface area contributed by atoms with Crippen LogP contribution in [0.2, 0.25) is 0 Å². The maximum Gasteiger partial charge on any atom is 0.213 e. The average molecular weight is 232 g/mol. The van der Waals surface area contributed by atoms with E-state index in [0.29, 0.717) is 21.3 Å². The Morgan fingerprint density at radius 2 is 1.62 bits per heavy atom. The molecule has 0 N–H and O–H groups in total. The highest BCUT2D eigenvalue weighted by Gasteiger charge is 2.43. The Morgan fingerprint density at radius 3 is 2.38 bits per heavy atom. The summed E-state index contributed by atoms with van der Waals surface area (Å²) in [5.41, 5.74) is 0. The molecule has 1 aliphatic rings. The molecule has 4 heteroatoms. The Balaban J connectivity index is 2.01. The molecule has 1 heterocycles.